The summed E-state index contributed by atoms with van der Waals surface area (Å²) in [4.78, 5) is 15.4. The van der Waals surface area contributed by atoms with E-state index in [1.165, 1.54) is 0 Å². The Kier molecular flexibility index (Phi) is 3.89. The van der Waals surface area contributed by atoms with Crippen LogP contribution in [0.1, 0.15) is 35.1 Å². The van der Waals surface area contributed by atoms with Gasteiger partial charge in [0.25, 0.3) is 11.8 Å². The van der Waals surface area contributed by atoms with Crippen LogP contribution in [0.5, 0.6) is 0 Å². The van der Waals surface area contributed by atoms with E-state index >= 15 is 0 Å². The number of aryl methyl sites for hydroxylation is 1. The highest BCUT2D eigenvalue weighted by Crippen LogP contribution is 2.30. The van der Waals surface area contributed by atoms with Crippen molar-refractivity contribution in [3.8, 4) is 10.8 Å². The molecule has 24 heavy (non-hydrogen) atoms. The predicted octanol–water partition coefficient (Wildman–Crippen LogP) is 2.55. The summed E-state index contributed by atoms with van der Waals surface area (Å²) >= 11 is 1.57. The summed E-state index contributed by atoms with van der Waals surface area (Å²) in [5, 5.41) is 14.5. The molecule has 1 fully saturated rings. The van der Waals surface area contributed by atoms with Crippen LogP contribution in [-0.4, -0.2) is 43.9 Å². The van der Waals surface area contributed by atoms with Gasteiger partial charge in [0.2, 0.25) is 5.89 Å². The first-order valence-electron chi connectivity index (χ1n) is 7.87. The lowest BCUT2D eigenvalue weighted by Gasteiger charge is -2.30. The molecule has 7 nitrogen and oxygen atoms in total. The SMILES string of the molecule is Cn1ccc(C(=O)N2CCCC(c3nnc(-c4cccs4)o3)C2)n1. The number of carbonyl (C=O) groups is 1. The average Bonchev–Trinajstić information content (AvgIpc) is 3.35. The monoisotopic (exact) mass is 343 g/mol. The Labute approximate surface area is 142 Å². The lowest BCUT2D eigenvalue weighted by Crippen LogP contribution is -2.39. The summed E-state index contributed by atoms with van der Waals surface area (Å²) in [6, 6.07) is 5.66. The van der Waals surface area contributed by atoms with Gasteiger partial charge in [0.05, 0.1) is 10.8 Å². The number of rotatable bonds is 3. The number of nitrogens with zero attached hydrogens (tertiary/aromatic N) is 5. The number of hydrogen-bond donors (Lipinski definition) is 0. The van der Waals surface area contributed by atoms with Gasteiger partial charge in [-0.2, -0.15) is 5.10 Å². The third-order valence-electron chi connectivity index (χ3n) is 4.16. The molecule has 124 valence electrons. The van der Waals surface area contributed by atoms with Gasteiger partial charge in [0.1, 0.15) is 5.69 Å². The molecular formula is C16H17N5O2S. The largest absolute Gasteiger partial charge is 0.420 e. The summed E-state index contributed by atoms with van der Waals surface area (Å²) in [7, 11) is 1.81. The maximum Gasteiger partial charge on any atom is 0.274 e. The van der Waals surface area contributed by atoms with Crippen LogP contribution < -0.4 is 0 Å². The lowest BCUT2D eigenvalue weighted by atomic mass is 9.98. The number of amides is 1. The molecule has 1 aliphatic rings. The molecular weight excluding hydrogens is 326 g/mol. The van der Waals surface area contributed by atoms with E-state index in [1.54, 1.807) is 35.3 Å². The highest BCUT2D eigenvalue weighted by Gasteiger charge is 2.29. The van der Waals surface area contributed by atoms with E-state index in [9.17, 15) is 4.79 Å². The highest BCUT2D eigenvalue weighted by molar-refractivity contribution is 7.13. The predicted molar refractivity (Wildman–Crippen MR) is 88.7 cm³/mol. The summed E-state index contributed by atoms with van der Waals surface area (Å²) in [5.41, 5.74) is 0.475. The molecule has 1 saturated heterocycles. The van der Waals surface area contributed by atoms with Gasteiger partial charge in [-0.1, -0.05) is 6.07 Å². The van der Waals surface area contributed by atoms with Crippen LogP contribution in [0.2, 0.25) is 0 Å². The maximum absolute atomic E-state index is 12.6. The third kappa shape index (κ3) is 2.84. The van der Waals surface area contributed by atoms with Crippen molar-refractivity contribution in [2.75, 3.05) is 13.1 Å². The van der Waals surface area contributed by atoms with Crippen LogP contribution in [0.4, 0.5) is 0 Å². The number of hydrogen-bond acceptors (Lipinski definition) is 6. The molecule has 0 spiro atoms. The number of thiophene rings is 1. The zero-order chi connectivity index (χ0) is 16.5. The summed E-state index contributed by atoms with van der Waals surface area (Å²) in [5.74, 6) is 1.19. The summed E-state index contributed by atoms with van der Waals surface area (Å²) < 4.78 is 7.47. The van der Waals surface area contributed by atoms with Crippen molar-refractivity contribution in [1.82, 2.24) is 24.9 Å². The second-order valence-electron chi connectivity index (χ2n) is 5.89. The van der Waals surface area contributed by atoms with Crippen molar-refractivity contribution in [1.29, 1.82) is 0 Å². The number of piperidine rings is 1. The topological polar surface area (TPSA) is 77.0 Å². The molecule has 0 saturated carbocycles. The van der Waals surface area contributed by atoms with Crippen LogP contribution in [0.3, 0.4) is 0 Å². The number of carbonyl (C=O) groups excluding carboxylic acids is 1. The first-order chi connectivity index (χ1) is 11.7. The fourth-order valence-corrected chi connectivity index (χ4v) is 3.60. The standard InChI is InChI=1S/C16H17N5O2S/c1-20-8-6-12(19-20)16(22)21-7-2-4-11(10-21)14-17-18-15(23-14)13-5-3-9-24-13/h3,5-6,8-9,11H,2,4,7,10H2,1H3. The first-order valence-corrected chi connectivity index (χ1v) is 8.75. The van der Waals surface area contributed by atoms with E-state index in [0.717, 1.165) is 24.3 Å². The van der Waals surface area contributed by atoms with Gasteiger partial charge in [-0.05, 0) is 30.4 Å². The van der Waals surface area contributed by atoms with Crippen LogP contribution in [0.15, 0.2) is 34.2 Å². The highest BCUT2D eigenvalue weighted by atomic mass is 32.1. The minimum Gasteiger partial charge on any atom is -0.420 e. The van der Waals surface area contributed by atoms with Gasteiger partial charge >= 0.3 is 0 Å². The molecule has 3 aromatic heterocycles. The second-order valence-corrected chi connectivity index (χ2v) is 6.84. The quantitative estimate of drug-likeness (QED) is 0.730. The molecule has 1 atom stereocenters. The molecule has 0 bridgehead atoms. The van der Waals surface area contributed by atoms with Crippen LogP contribution in [0, 0.1) is 0 Å². The Balaban J connectivity index is 1.50. The van der Waals surface area contributed by atoms with Crippen molar-refractivity contribution in [3.63, 3.8) is 0 Å². The fourth-order valence-electron chi connectivity index (χ4n) is 2.95. The van der Waals surface area contributed by atoms with Crippen LogP contribution >= 0.6 is 11.3 Å². The average molecular weight is 343 g/mol. The molecule has 0 aromatic carbocycles. The molecule has 1 aliphatic heterocycles. The van der Waals surface area contributed by atoms with E-state index in [4.69, 9.17) is 4.42 Å². The molecule has 0 N–H and O–H groups in total. The van der Waals surface area contributed by atoms with E-state index in [0.29, 0.717) is 24.0 Å². The molecule has 0 aliphatic carbocycles. The second kappa shape index (κ2) is 6.20. The lowest BCUT2D eigenvalue weighted by molar-refractivity contribution is 0.0691. The van der Waals surface area contributed by atoms with Crippen molar-refractivity contribution in [2.24, 2.45) is 7.05 Å². The number of likely N-dealkylation sites (tertiary alicyclic amines) is 1. The molecule has 1 amide bonds. The third-order valence-corrected chi connectivity index (χ3v) is 5.02. The molecule has 8 heteroatoms. The molecule has 0 radical (unpaired) electrons. The van der Waals surface area contributed by atoms with Crippen molar-refractivity contribution in [3.05, 3.63) is 41.4 Å². The van der Waals surface area contributed by atoms with Gasteiger partial charge in [0, 0.05) is 26.3 Å². The summed E-state index contributed by atoms with van der Waals surface area (Å²) in [6.07, 6.45) is 3.64. The Morgan fingerprint density at radius 3 is 3.04 bits per heavy atom. The normalized spacial score (nSPS) is 18.0. The smallest absolute Gasteiger partial charge is 0.274 e. The van der Waals surface area contributed by atoms with Crippen molar-refractivity contribution in [2.45, 2.75) is 18.8 Å². The Morgan fingerprint density at radius 1 is 1.38 bits per heavy atom. The minimum absolute atomic E-state index is 0.0432. The minimum atomic E-state index is -0.0432. The fraction of sp³-hybridized carbons (Fsp3) is 0.375. The van der Waals surface area contributed by atoms with Crippen LogP contribution in [0.25, 0.3) is 10.8 Å². The van der Waals surface area contributed by atoms with Gasteiger partial charge in [0.15, 0.2) is 0 Å². The van der Waals surface area contributed by atoms with Gasteiger partial charge in [-0.3, -0.25) is 9.48 Å². The zero-order valence-electron chi connectivity index (χ0n) is 13.3. The number of aromatic nitrogens is 4. The maximum atomic E-state index is 12.6. The zero-order valence-corrected chi connectivity index (χ0v) is 14.1. The van der Waals surface area contributed by atoms with E-state index in [2.05, 4.69) is 15.3 Å². The van der Waals surface area contributed by atoms with Gasteiger partial charge < -0.3 is 9.32 Å². The summed E-state index contributed by atoms with van der Waals surface area (Å²) in [6.45, 7) is 1.32. The van der Waals surface area contributed by atoms with Gasteiger partial charge in [-0.25, -0.2) is 0 Å². The Morgan fingerprint density at radius 2 is 2.29 bits per heavy atom. The molecule has 4 heterocycles. The van der Waals surface area contributed by atoms with Crippen LogP contribution in [-0.2, 0) is 7.05 Å². The molecule has 1 unspecified atom stereocenters. The molecule has 3 aromatic rings. The molecule has 4 rings (SSSR count). The van der Waals surface area contributed by atoms with Crippen molar-refractivity contribution >= 4 is 17.2 Å². The Bertz CT molecular complexity index is 838. The first kappa shape index (κ1) is 15.1. The van der Waals surface area contributed by atoms with E-state index in [1.807, 2.05) is 22.4 Å². The van der Waals surface area contributed by atoms with E-state index < -0.39 is 0 Å². The van der Waals surface area contributed by atoms with Crippen molar-refractivity contribution < 1.29 is 9.21 Å². The Hall–Kier alpha value is -2.48. The van der Waals surface area contributed by atoms with E-state index in [-0.39, 0.29) is 11.8 Å². The van der Waals surface area contributed by atoms with Gasteiger partial charge in [-0.15, -0.1) is 21.5 Å².